The summed E-state index contributed by atoms with van der Waals surface area (Å²) in [5.41, 5.74) is 0.729. The van der Waals surface area contributed by atoms with Crippen molar-refractivity contribution in [1.29, 1.82) is 0 Å². The molecule has 0 spiro atoms. The van der Waals surface area contributed by atoms with E-state index in [0.29, 0.717) is 32.0 Å². The number of benzene rings is 1. The van der Waals surface area contributed by atoms with Gasteiger partial charge in [-0.15, -0.1) is 0 Å². The maximum Gasteiger partial charge on any atom is 0.260 e. The van der Waals surface area contributed by atoms with E-state index < -0.39 is 21.6 Å². The van der Waals surface area contributed by atoms with Crippen molar-refractivity contribution in [2.75, 3.05) is 26.0 Å². The number of carbonyl (C=O) groups excluding carboxylic acids is 1. The molecule has 1 aromatic heterocycles. The Morgan fingerprint density at radius 1 is 1.22 bits per heavy atom. The number of aromatic nitrogens is 2. The second-order valence-corrected chi connectivity index (χ2v) is 12.8. The Kier molecular flexibility index (Phi) is 7.13. The Balaban J connectivity index is 1.17. The van der Waals surface area contributed by atoms with Crippen LogP contribution in [0.2, 0.25) is 0 Å². The van der Waals surface area contributed by atoms with Gasteiger partial charge in [0.2, 0.25) is 10.0 Å². The number of aryl methyl sites for hydroxylation is 1. The van der Waals surface area contributed by atoms with Gasteiger partial charge in [-0.1, -0.05) is 6.07 Å². The topological polar surface area (TPSA) is 93.5 Å². The maximum absolute atomic E-state index is 14.8. The van der Waals surface area contributed by atoms with Crippen molar-refractivity contribution in [3.8, 4) is 0 Å². The van der Waals surface area contributed by atoms with Gasteiger partial charge >= 0.3 is 0 Å². The first-order valence-corrected chi connectivity index (χ1v) is 15.0. The zero-order valence-electron chi connectivity index (χ0n) is 21.2. The lowest BCUT2D eigenvalue weighted by molar-refractivity contribution is -0.153. The molecular formula is C26H37FN4O4S. The van der Waals surface area contributed by atoms with Crippen molar-refractivity contribution in [1.82, 2.24) is 19.4 Å². The summed E-state index contributed by atoms with van der Waals surface area (Å²) < 4.78 is 49.6. The maximum atomic E-state index is 14.8. The van der Waals surface area contributed by atoms with Crippen LogP contribution in [0.15, 0.2) is 24.4 Å². The quantitative estimate of drug-likeness (QED) is 0.605. The zero-order valence-corrected chi connectivity index (χ0v) is 22.0. The Morgan fingerprint density at radius 2 is 1.97 bits per heavy atom. The van der Waals surface area contributed by atoms with Gasteiger partial charge in [0.1, 0.15) is 0 Å². The second kappa shape index (κ2) is 10.0. The number of hydrogen-bond donors (Lipinski definition) is 1. The van der Waals surface area contributed by atoms with E-state index in [-0.39, 0.29) is 30.9 Å². The molecule has 3 fully saturated rings. The van der Waals surface area contributed by atoms with E-state index in [9.17, 15) is 17.6 Å². The minimum Gasteiger partial charge on any atom is -0.378 e. The number of fused-ring (bicyclic) bond motifs is 1. The predicted octanol–water partition coefficient (Wildman–Crippen LogP) is 3.27. The highest BCUT2D eigenvalue weighted by atomic mass is 32.2. The summed E-state index contributed by atoms with van der Waals surface area (Å²) >= 11 is 0. The Bertz CT molecular complexity index is 1200. The fourth-order valence-electron chi connectivity index (χ4n) is 6.06. The van der Waals surface area contributed by atoms with Crippen LogP contribution in [-0.4, -0.2) is 72.8 Å². The lowest BCUT2D eigenvalue weighted by atomic mass is 9.80. The molecule has 0 bridgehead atoms. The molecular weight excluding hydrogens is 483 g/mol. The zero-order chi connectivity index (χ0) is 25.5. The lowest BCUT2D eigenvalue weighted by Crippen LogP contribution is -2.58. The monoisotopic (exact) mass is 520 g/mol. The van der Waals surface area contributed by atoms with Crippen molar-refractivity contribution in [3.05, 3.63) is 30.0 Å². The van der Waals surface area contributed by atoms with Crippen molar-refractivity contribution in [3.63, 3.8) is 0 Å². The minimum atomic E-state index is -3.40. The van der Waals surface area contributed by atoms with Crippen LogP contribution < -0.4 is 4.72 Å². The van der Waals surface area contributed by atoms with Gasteiger partial charge < -0.3 is 9.64 Å². The standard InChI is InChI=1S/C26H37FN4O4S/c1-30-24-9-6-19(14-20(24)15-28-30)18-4-7-22(8-5-18)35-17-21-16-31(25(32)26(27)11-3-12-26)13-10-23(21)29-36(2,33)34/h6,9,14-15,18,21-23,29H,3-5,7-8,10-13,16-17H2,1-2H3/t18?,21-,22?,23-/m0/s1. The fraction of sp³-hybridized carbons (Fsp3) is 0.692. The second-order valence-electron chi connectivity index (χ2n) is 11.0. The molecule has 2 heterocycles. The molecule has 10 heteroatoms. The third-order valence-corrected chi connectivity index (χ3v) is 9.11. The number of halogens is 1. The molecule has 2 aliphatic carbocycles. The van der Waals surface area contributed by atoms with Crippen LogP contribution in [0.25, 0.3) is 10.9 Å². The number of amides is 1. The number of ether oxygens (including phenoxy) is 1. The fourth-order valence-corrected chi connectivity index (χ4v) is 6.92. The van der Waals surface area contributed by atoms with E-state index in [4.69, 9.17) is 4.74 Å². The number of alkyl halides is 1. The number of nitrogens with one attached hydrogen (secondary N) is 1. The molecule has 1 aromatic carbocycles. The summed E-state index contributed by atoms with van der Waals surface area (Å²) in [6.07, 6.45) is 8.85. The third-order valence-electron chi connectivity index (χ3n) is 8.38. The third kappa shape index (κ3) is 5.45. The number of rotatable bonds is 7. The van der Waals surface area contributed by atoms with Gasteiger partial charge in [-0.05, 0) is 75.0 Å². The van der Waals surface area contributed by atoms with E-state index in [1.165, 1.54) is 5.56 Å². The van der Waals surface area contributed by atoms with Gasteiger partial charge in [-0.25, -0.2) is 17.5 Å². The van der Waals surface area contributed by atoms with E-state index in [2.05, 4.69) is 28.0 Å². The van der Waals surface area contributed by atoms with Crippen LogP contribution in [0.4, 0.5) is 4.39 Å². The van der Waals surface area contributed by atoms with Crippen LogP contribution in [0.1, 0.15) is 62.8 Å². The number of likely N-dealkylation sites (tertiary alicyclic amines) is 1. The van der Waals surface area contributed by atoms with Gasteiger partial charge in [0, 0.05) is 37.5 Å². The molecule has 2 atom stereocenters. The highest BCUT2D eigenvalue weighted by Gasteiger charge is 2.48. The Hall–Kier alpha value is -2.04. The first-order valence-electron chi connectivity index (χ1n) is 13.1. The molecule has 0 radical (unpaired) electrons. The van der Waals surface area contributed by atoms with Crippen LogP contribution in [0, 0.1) is 5.92 Å². The molecule has 2 saturated carbocycles. The SMILES string of the molecule is Cn1ncc2cc(C3CCC(OC[C@@H]4CN(C(=O)C5(F)CCC5)CC[C@@H]4NS(C)(=O)=O)CC3)ccc21. The molecule has 1 saturated heterocycles. The molecule has 1 N–H and O–H groups in total. The van der Waals surface area contributed by atoms with Crippen LogP contribution in [-0.2, 0) is 26.6 Å². The first-order chi connectivity index (χ1) is 17.1. The molecule has 8 nitrogen and oxygen atoms in total. The smallest absolute Gasteiger partial charge is 0.260 e. The van der Waals surface area contributed by atoms with Crippen LogP contribution in [0.5, 0.6) is 0 Å². The number of piperidine rings is 1. The summed E-state index contributed by atoms with van der Waals surface area (Å²) in [7, 11) is -1.45. The van der Waals surface area contributed by atoms with Crippen LogP contribution in [0.3, 0.4) is 0 Å². The van der Waals surface area contributed by atoms with Crippen LogP contribution >= 0.6 is 0 Å². The Labute approximate surface area is 212 Å². The highest BCUT2D eigenvalue weighted by Crippen LogP contribution is 2.39. The summed E-state index contributed by atoms with van der Waals surface area (Å²) in [5, 5.41) is 5.50. The summed E-state index contributed by atoms with van der Waals surface area (Å²) in [6, 6.07) is 6.26. The van der Waals surface area contributed by atoms with E-state index >= 15 is 0 Å². The number of carbonyl (C=O) groups is 1. The summed E-state index contributed by atoms with van der Waals surface area (Å²) in [4.78, 5) is 14.3. The normalized spacial score (nSPS) is 28.7. The number of sulfonamides is 1. The highest BCUT2D eigenvalue weighted by molar-refractivity contribution is 7.88. The van der Waals surface area contributed by atoms with Gasteiger partial charge in [0.15, 0.2) is 5.67 Å². The summed E-state index contributed by atoms with van der Waals surface area (Å²) in [6.45, 7) is 1.03. The lowest BCUT2D eigenvalue weighted by Gasteiger charge is -2.43. The van der Waals surface area contributed by atoms with Crippen molar-refractivity contribution < 1.29 is 22.3 Å². The molecule has 1 amide bonds. The summed E-state index contributed by atoms with van der Waals surface area (Å²) in [5.74, 6) is -0.158. The van der Waals surface area contributed by atoms with Gasteiger partial charge in [0.25, 0.3) is 5.91 Å². The molecule has 36 heavy (non-hydrogen) atoms. The average molecular weight is 521 g/mol. The molecule has 2 aromatic rings. The van der Waals surface area contributed by atoms with Gasteiger partial charge in [-0.2, -0.15) is 5.10 Å². The van der Waals surface area contributed by atoms with Gasteiger partial charge in [-0.3, -0.25) is 9.48 Å². The molecule has 0 unspecified atom stereocenters. The molecule has 3 aliphatic rings. The largest absolute Gasteiger partial charge is 0.378 e. The van der Waals surface area contributed by atoms with E-state index in [1.807, 2.05) is 17.9 Å². The molecule has 5 rings (SSSR count). The van der Waals surface area contributed by atoms with Crippen molar-refractivity contribution >= 4 is 26.8 Å². The molecule has 1 aliphatic heterocycles. The average Bonchev–Trinajstić information content (AvgIpc) is 3.21. The van der Waals surface area contributed by atoms with E-state index in [1.54, 1.807) is 4.90 Å². The van der Waals surface area contributed by atoms with E-state index in [0.717, 1.165) is 49.3 Å². The number of hydrogen-bond acceptors (Lipinski definition) is 5. The van der Waals surface area contributed by atoms with Crippen molar-refractivity contribution in [2.45, 2.75) is 75.1 Å². The molecule has 198 valence electrons. The number of nitrogens with zero attached hydrogens (tertiary/aromatic N) is 3. The Morgan fingerprint density at radius 3 is 2.64 bits per heavy atom. The van der Waals surface area contributed by atoms with Crippen molar-refractivity contribution in [2.24, 2.45) is 13.0 Å². The van der Waals surface area contributed by atoms with Gasteiger partial charge in [0.05, 0.1) is 30.7 Å². The first kappa shape index (κ1) is 25.6. The predicted molar refractivity (Wildman–Crippen MR) is 136 cm³/mol. The minimum absolute atomic E-state index is 0.104.